The SMILES string of the molecule is CN(C)C(=O)NC(=O)C1CC/C=C\C(NC(=O)CN2C(=O)C3(CCOCC3)N=C2C2=CCC=CC=C2C(F)(F)F)=C/CC1. The van der Waals surface area contributed by atoms with Crippen LogP contribution < -0.4 is 10.6 Å². The normalized spacial score (nSPS) is 24.3. The number of alkyl halides is 3. The number of carbonyl (C=O) groups is 4. The molecule has 1 saturated heterocycles. The van der Waals surface area contributed by atoms with Gasteiger partial charge in [0.2, 0.25) is 11.8 Å². The van der Waals surface area contributed by atoms with Crippen LogP contribution in [-0.4, -0.2) is 85.0 Å². The van der Waals surface area contributed by atoms with Crippen molar-refractivity contribution in [3.63, 3.8) is 0 Å². The number of allylic oxidation sites excluding steroid dienone is 7. The Morgan fingerprint density at radius 2 is 1.84 bits per heavy atom. The van der Waals surface area contributed by atoms with Crippen molar-refractivity contribution in [3.05, 3.63) is 59.4 Å². The summed E-state index contributed by atoms with van der Waals surface area (Å²) in [7, 11) is 3.08. The second-order valence-corrected chi connectivity index (χ2v) is 11.0. The number of nitrogens with zero attached hydrogens (tertiary/aromatic N) is 3. The minimum absolute atomic E-state index is 0.172. The maximum absolute atomic E-state index is 14.1. The van der Waals surface area contributed by atoms with E-state index in [1.807, 2.05) is 0 Å². The van der Waals surface area contributed by atoms with Gasteiger partial charge in [-0.05, 0) is 44.3 Å². The summed E-state index contributed by atoms with van der Waals surface area (Å²) in [6, 6.07) is -0.500. The Balaban J connectivity index is 1.51. The molecule has 4 aliphatic rings. The summed E-state index contributed by atoms with van der Waals surface area (Å²) in [5, 5.41) is 5.13. The molecule has 2 aliphatic heterocycles. The topological polar surface area (TPSA) is 120 Å². The zero-order valence-corrected chi connectivity index (χ0v) is 24.2. The van der Waals surface area contributed by atoms with Gasteiger partial charge in [-0.3, -0.25) is 29.6 Å². The van der Waals surface area contributed by atoms with E-state index in [-0.39, 0.29) is 49.8 Å². The molecule has 2 N–H and O–H groups in total. The molecule has 1 unspecified atom stereocenters. The molecule has 2 heterocycles. The fourth-order valence-corrected chi connectivity index (χ4v) is 5.31. The highest BCUT2D eigenvalue weighted by Crippen LogP contribution is 2.39. The quantitative estimate of drug-likeness (QED) is 0.497. The zero-order chi connectivity index (χ0) is 31.2. The van der Waals surface area contributed by atoms with Gasteiger partial charge in [-0.25, -0.2) is 4.79 Å². The van der Waals surface area contributed by atoms with Crippen LogP contribution in [0.1, 0.15) is 44.9 Å². The number of urea groups is 1. The van der Waals surface area contributed by atoms with Crippen molar-refractivity contribution < 1.29 is 37.1 Å². The lowest BCUT2D eigenvalue weighted by Gasteiger charge is -2.29. The third-order valence-electron chi connectivity index (χ3n) is 7.68. The highest BCUT2D eigenvalue weighted by atomic mass is 19.4. The number of halogens is 3. The van der Waals surface area contributed by atoms with Crippen LogP contribution in [0.4, 0.5) is 18.0 Å². The van der Waals surface area contributed by atoms with Crippen molar-refractivity contribution >= 4 is 29.6 Å². The van der Waals surface area contributed by atoms with Crippen molar-refractivity contribution in [1.82, 2.24) is 20.4 Å². The van der Waals surface area contributed by atoms with E-state index in [0.29, 0.717) is 31.4 Å². The molecule has 0 aromatic carbocycles. The van der Waals surface area contributed by atoms with Crippen LogP contribution in [0.2, 0.25) is 0 Å². The molecule has 4 rings (SSSR count). The molecule has 13 heteroatoms. The number of hydrogen-bond donors (Lipinski definition) is 2. The minimum atomic E-state index is -4.70. The molecule has 43 heavy (non-hydrogen) atoms. The number of rotatable bonds is 5. The molecule has 1 atom stereocenters. The van der Waals surface area contributed by atoms with Crippen molar-refractivity contribution in [3.8, 4) is 0 Å². The van der Waals surface area contributed by atoms with Gasteiger partial charge < -0.3 is 15.0 Å². The number of nitrogens with one attached hydrogen (secondary N) is 2. The lowest BCUT2D eigenvalue weighted by Crippen LogP contribution is -2.49. The van der Waals surface area contributed by atoms with Crippen LogP contribution in [0.15, 0.2) is 64.4 Å². The van der Waals surface area contributed by atoms with Crippen LogP contribution in [-0.2, 0) is 19.1 Å². The summed E-state index contributed by atoms with van der Waals surface area (Å²) in [5.41, 5.74) is -2.02. The number of hydrogen-bond acceptors (Lipinski definition) is 6. The van der Waals surface area contributed by atoms with Gasteiger partial charge in [0, 0.05) is 57.3 Å². The summed E-state index contributed by atoms with van der Waals surface area (Å²) in [6.45, 7) is -0.0741. The molecule has 1 spiro atoms. The maximum atomic E-state index is 14.1. The molecule has 0 saturated carbocycles. The summed E-state index contributed by atoms with van der Waals surface area (Å²) < 4.78 is 47.6. The molecule has 10 nitrogen and oxygen atoms in total. The van der Waals surface area contributed by atoms with Crippen molar-refractivity contribution in [2.24, 2.45) is 10.9 Å². The number of ether oxygens (including phenoxy) is 1. The Morgan fingerprint density at radius 1 is 1.12 bits per heavy atom. The van der Waals surface area contributed by atoms with Crippen LogP contribution in [0.3, 0.4) is 0 Å². The molecular formula is C30H36F3N5O5. The van der Waals surface area contributed by atoms with Gasteiger partial charge in [0.05, 0.1) is 5.57 Å². The minimum Gasteiger partial charge on any atom is -0.381 e. The Morgan fingerprint density at radius 3 is 2.53 bits per heavy atom. The number of amidine groups is 1. The average molecular weight is 604 g/mol. The van der Waals surface area contributed by atoms with Gasteiger partial charge in [-0.15, -0.1) is 0 Å². The Bertz CT molecular complexity index is 1320. The number of carbonyl (C=O) groups excluding carboxylic acids is 4. The Labute approximate surface area is 248 Å². The summed E-state index contributed by atoms with van der Waals surface area (Å²) in [6.07, 6.45) is 8.22. The van der Waals surface area contributed by atoms with Gasteiger partial charge in [0.15, 0.2) is 0 Å². The van der Waals surface area contributed by atoms with E-state index in [0.717, 1.165) is 11.0 Å². The van der Waals surface area contributed by atoms with E-state index in [2.05, 4.69) is 15.6 Å². The molecule has 0 aromatic rings. The molecule has 0 bridgehead atoms. The highest BCUT2D eigenvalue weighted by Gasteiger charge is 2.51. The van der Waals surface area contributed by atoms with Crippen LogP contribution in [0.5, 0.6) is 0 Å². The fourth-order valence-electron chi connectivity index (χ4n) is 5.31. The summed E-state index contributed by atoms with van der Waals surface area (Å²) in [5.74, 6) is -2.08. The molecule has 1 fully saturated rings. The monoisotopic (exact) mass is 603 g/mol. The average Bonchev–Trinajstić information content (AvgIpc) is 3.07. The third kappa shape index (κ3) is 7.70. The van der Waals surface area contributed by atoms with Crippen molar-refractivity contribution in [1.29, 1.82) is 0 Å². The standard InChI is InChI=1S/C30H36F3N5O5/c1-37(2)28(42)35-26(40)20-9-6-7-11-21(12-8-10-20)34-24(39)19-38-25(36-29(27(38)41)15-17-43-18-16-29)22-13-4-3-5-14-23(22)30(31,32)33/h3,5,7,11-14,20H,4,6,8-10,15-19H2,1-2H3,(H,34,39)(H,35,40,42)/b11-7-,21-12+. The molecular weight excluding hydrogens is 567 g/mol. The number of aliphatic imine (C=N–C) groups is 1. The van der Waals surface area contributed by atoms with E-state index >= 15 is 0 Å². The molecule has 5 amide bonds. The third-order valence-corrected chi connectivity index (χ3v) is 7.68. The lowest BCUT2D eigenvalue weighted by molar-refractivity contribution is -0.137. The predicted octanol–water partition coefficient (Wildman–Crippen LogP) is 3.70. The number of amides is 5. The van der Waals surface area contributed by atoms with E-state index in [1.165, 1.54) is 31.1 Å². The van der Waals surface area contributed by atoms with E-state index in [4.69, 9.17) is 4.74 Å². The first-order valence-electron chi connectivity index (χ1n) is 14.2. The van der Waals surface area contributed by atoms with Crippen LogP contribution in [0, 0.1) is 5.92 Å². The maximum Gasteiger partial charge on any atom is 0.417 e. The summed E-state index contributed by atoms with van der Waals surface area (Å²) >= 11 is 0. The Hall–Kier alpha value is -4.00. The van der Waals surface area contributed by atoms with Gasteiger partial charge in [0.1, 0.15) is 17.9 Å². The van der Waals surface area contributed by atoms with Gasteiger partial charge in [0.25, 0.3) is 5.91 Å². The number of imide groups is 1. The largest absolute Gasteiger partial charge is 0.417 e. The van der Waals surface area contributed by atoms with Gasteiger partial charge in [-0.2, -0.15) is 13.2 Å². The first kappa shape index (κ1) is 31.9. The Kier molecular flexibility index (Phi) is 10.0. The van der Waals surface area contributed by atoms with E-state index < -0.39 is 47.6 Å². The van der Waals surface area contributed by atoms with Crippen LogP contribution >= 0.6 is 0 Å². The molecule has 0 radical (unpaired) electrons. The first-order valence-corrected chi connectivity index (χ1v) is 14.2. The zero-order valence-electron chi connectivity index (χ0n) is 24.2. The molecule has 232 valence electrons. The summed E-state index contributed by atoms with van der Waals surface area (Å²) in [4.78, 5) is 58.3. The van der Waals surface area contributed by atoms with E-state index in [9.17, 15) is 32.3 Å². The predicted molar refractivity (Wildman–Crippen MR) is 152 cm³/mol. The first-order chi connectivity index (χ1) is 20.4. The second-order valence-electron chi connectivity index (χ2n) is 11.0. The second kappa shape index (κ2) is 13.5. The molecule has 0 aromatic heterocycles. The molecule has 2 aliphatic carbocycles. The van der Waals surface area contributed by atoms with Crippen LogP contribution in [0.25, 0.3) is 0 Å². The van der Waals surface area contributed by atoms with Gasteiger partial charge in [-0.1, -0.05) is 30.4 Å². The van der Waals surface area contributed by atoms with E-state index in [1.54, 1.807) is 24.3 Å². The lowest BCUT2D eigenvalue weighted by atomic mass is 9.90. The highest BCUT2D eigenvalue weighted by molar-refractivity contribution is 6.18. The van der Waals surface area contributed by atoms with Crippen molar-refractivity contribution in [2.45, 2.75) is 56.7 Å². The fraction of sp³-hybridized carbons (Fsp3) is 0.500. The van der Waals surface area contributed by atoms with Gasteiger partial charge >= 0.3 is 12.2 Å². The van der Waals surface area contributed by atoms with Crippen molar-refractivity contribution in [2.75, 3.05) is 33.9 Å². The smallest absolute Gasteiger partial charge is 0.381 e.